The van der Waals surface area contributed by atoms with Crippen molar-refractivity contribution in [3.05, 3.63) is 40.5 Å². The topological polar surface area (TPSA) is 29.1 Å². The summed E-state index contributed by atoms with van der Waals surface area (Å²) in [6, 6.07) is 6.23. The van der Waals surface area contributed by atoms with E-state index in [4.69, 9.17) is 0 Å². The van der Waals surface area contributed by atoms with E-state index in [0.717, 1.165) is 25.0 Å². The Morgan fingerprint density at radius 3 is 2.94 bits per heavy atom. The van der Waals surface area contributed by atoms with Gasteiger partial charge in [-0.3, -0.25) is 4.79 Å². The second-order valence-corrected chi connectivity index (χ2v) is 4.25. The van der Waals surface area contributed by atoms with Crippen molar-refractivity contribution in [1.82, 2.24) is 5.32 Å². The van der Waals surface area contributed by atoms with Gasteiger partial charge in [-0.15, -0.1) is 0 Å². The third-order valence-electron chi connectivity index (χ3n) is 2.94. The van der Waals surface area contributed by atoms with Crippen molar-refractivity contribution in [2.75, 3.05) is 6.54 Å². The minimum atomic E-state index is 0.0810. The lowest BCUT2D eigenvalue weighted by molar-refractivity contribution is -0.117. The molecule has 16 heavy (non-hydrogen) atoms. The molecule has 0 aromatic heterocycles. The summed E-state index contributed by atoms with van der Waals surface area (Å²) in [7, 11) is 0. The number of nitrogens with one attached hydrogen (secondary N) is 1. The average molecular weight is 215 g/mol. The molecule has 0 fully saturated rings. The standard InChI is InChI=1S/C14H17NO/c1-3-7-15-14(16)12-8-11-6-4-5-10(2)13(11)9-12/h4-6,9H,3,7-8H2,1-2H3,(H,15,16). The quantitative estimate of drug-likeness (QED) is 0.824. The minimum Gasteiger partial charge on any atom is -0.352 e. The monoisotopic (exact) mass is 215 g/mol. The Morgan fingerprint density at radius 1 is 1.44 bits per heavy atom. The van der Waals surface area contributed by atoms with Gasteiger partial charge in [-0.05, 0) is 36.1 Å². The predicted molar refractivity (Wildman–Crippen MR) is 66.2 cm³/mol. The number of rotatable bonds is 3. The Labute approximate surface area is 96.4 Å². The SMILES string of the molecule is CCCNC(=O)C1=Cc2c(C)cccc2C1. The van der Waals surface area contributed by atoms with E-state index in [1.807, 2.05) is 6.08 Å². The second-order valence-electron chi connectivity index (χ2n) is 4.25. The number of hydrogen-bond acceptors (Lipinski definition) is 1. The lowest BCUT2D eigenvalue weighted by Crippen LogP contribution is -2.25. The van der Waals surface area contributed by atoms with E-state index in [1.54, 1.807) is 0 Å². The van der Waals surface area contributed by atoms with Gasteiger partial charge in [-0.25, -0.2) is 0 Å². The largest absolute Gasteiger partial charge is 0.352 e. The van der Waals surface area contributed by atoms with E-state index < -0.39 is 0 Å². The molecule has 2 heteroatoms. The first kappa shape index (κ1) is 10.9. The molecule has 84 valence electrons. The van der Waals surface area contributed by atoms with Crippen molar-refractivity contribution in [1.29, 1.82) is 0 Å². The molecule has 1 N–H and O–H groups in total. The zero-order valence-electron chi connectivity index (χ0n) is 9.84. The zero-order valence-corrected chi connectivity index (χ0v) is 9.84. The van der Waals surface area contributed by atoms with Crippen LogP contribution in [-0.4, -0.2) is 12.5 Å². The van der Waals surface area contributed by atoms with Gasteiger partial charge in [-0.1, -0.05) is 25.1 Å². The first-order valence-electron chi connectivity index (χ1n) is 5.79. The summed E-state index contributed by atoms with van der Waals surface area (Å²) in [6.07, 6.45) is 3.77. The number of aryl methyl sites for hydroxylation is 1. The van der Waals surface area contributed by atoms with Crippen LogP contribution in [0.5, 0.6) is 0 Å². The molecular weight excluding hydrogens is 198 g/mol. The summed E-state index contributed by atoms with van der Waals surface area (Å²) in [4.78, 5) is 11.8. The van der Waals surface area contributed by atoms with Crippen LogP contribution in [-0.2, 0) is 11.2 Å². The van der Waals surface area contributed by atoms with E-state index in [0.29, 0.717) is 0 Å². The van der Waals surface area contributed by atoms with Crippen molar-refractivity contribution in [3.63, 3.8) is 0 Å². The minimum absolute atomic E-state index is 0.0810. The van der Waals surface area contributed by atoms with Gasteiger partial charge < -0.3 is 5.32 Å². The van der Waals surface area contributed by atoms with Crippen molar-refractivity contribution in [2.24, 2.45) is 0 Å². The van der Waals surface area contributed by atoms with Crippen LogP contribution in [0, 0.1) is 6.92 Å². The molecule has 2 nitrogen and oxygen atoms in total. The molecule has 0 bridgehead atoms. The number of carbonyl (C=O) groups excluding carboxylic acids is 1. The van der Waals surface area contributed by atoms with Crippen LogP contribution in [0.3, 0.4) is 0 Å². The third kappa shape index (κ3) is 2.01. The third-order valence-corrected chi connectivity index (χ3v) is 2.94. The van der Waals surface area contributed by atoms with Gasteiger partial charge in [0.05, 0.1) is 0 Å². The zero-order chi connectivity index (χ0) is 11.5. The highest BCUT2D eigenvalue weighted by atomic mass is 16.1. The number of amides is 1. The Morgan fingerprint density at radius 2 is 2.25 bits per heavy atom. The molecule has 0 saturated heterocycles. The van der Waals surface area contributed by atoms with Crippen LogP contribution in [0.25, 0.3) is 6.08 Å². The maximum atomic E-state index is 11.8. The van der Waals surface area contributed by atoms with Crippen molar-refractivity contribution in [3.8, 4) is 0 Å². The lowest BCUT2D eigenvalue weighted by atomic mass is 10.0. The number of fused-ring (bicyclic) bond motifs is 1. The number of carbonyl (C=O) groups is 1. The predicted octanol–water partition coefficient (Wildman–Crippen LogP) is 2.46. The van der Waals surface area contributed by atoms with Crippen LogP contribution in [0.4, 0.5) is 0 Å². The van der Waals surface area contributed by atoms with E-state index in [9.17, 15) is 4.79 Å². The molecule has 1 amide bonds. The smallest absolute Gasteiger partial charge is 0.247 e. The maximum Gasteiger partial charge on any atom is 0.247 e. The summed E-state index contributed by atoms with van der Waals surface area (Å²) in [5.74, 6) is 0.0810. The van der Waals surface area contributed by atoms with Gasteiger partial charge in [0.25, 0.3) is 0 Å². The van der Waals surface area contributed by atoms with E-state index >= 15 is 0 Å². The number of benzene rings is 1. The molecule has 1 aliphatic rings. The van der Waals surface area contributed by atoms with Crippen LogP contribution in [0.1, 0.15) is 30.0 Å². The van der Waals surface area contributed by atoms with E-state index in [-0.39, 0.29) is 5.91 Å². The maximum absolute atomic E-state index is 11.8. The lowest BCUT2D eigenvalue weighted by Gasteiger charge is -2.03. The van der Waals surface area contributed by atoms with Gasteiger partial charge in [0, 0.05) is 18.5 Å². The Hall–Kier alpha value is -1.57. The highest BCUT2D eigenvalue weighted by molar-refractivity contribution is 6.00. The van der Waals surface area contributed by atoms with Crippen molar-refractivity contribution >= 4 is 12.0 Å². The molecule has 0 spiro atoms. The highest BCUT2D eigenvalue weighted by Gasteiger charge is 2.18. The summed E-state index contributed by atoms with van der Waals surface area (Å²) < 4.78 is 0. The highest BCUT2D eigenvalue weighted by Crippen LogP contribution is 2.27. The molecule has 0 radical (unpaired) electrons. The fourth-order valence-corrected chi connectivity index (χ4v) is 2.03. The fraction of sp³-hybridized carbons (Fsp3) is 0.357. The molecule has 0 unspecified atom stereocenters. The first-order valence-corrected chi connectivity index (χ1v) is 5.79. The van der Waals surface area contributed by atoms with Gasteiger partial charge in [0.2, 0.25) is 5.91 Å². The molecule has 1 aromatic rings. The van der Waals surface area contributed by atoms with E-state index in [2.05, 4.69) is 37.4 Å². The first-order chi connectivity index (χ1) is 7.72. The van der Waals surface area contributed by atoms with E-state index in [1.165, 1.54) is 16.7 Å². The summed E-state index contributed by atoms with van der Waals surface area (Å²) >= 11 is 0. The molecule has 2 rings (SSSR count). The molecule has 0 atom stereocenters. The van der Waals surface area contributed by atoms with Crippen LogP contribution < -0.4 is 5.32 Å². The Kier molecular flexibility index (Phi) is 3.09. The molecule has 0 aliphatic heterocycles. The average Bonchev–Trinajstić information content (AvgIpc) is 2.71. The number of hydrogen-bond donors (Lipinski definition) is 1. The van der Waals surface area contributed by atoms with Crippen molar-refractivity contribution in [2.45, 2.75) is 26.7 Å². The Bertz CT molecular complexity index is 446. The van der Waals surface area contributed by atoms with Gasteiger partial charge in [0.1, 0.15) is 0 Å². The molecule has 0 heterocycles. The van der Waals surface area contributed by atoms with Crippen LogP contribution in [0.2, 0.25) is 0 Å². The normalized spacial score (nSPS) is 13.2. The van der Waals surface area contributed by atoms with Gasteiger partial charge >= 0.3 is 0 Å². The fourth-order valence-electron chi connectivity index (χ4n) is 2.03. The van der Waals surface area contributed by atoms with Crippen LogP contribution >= 0.6 is 0 Å². The van der Waals surface area contributed by atoms with Crippen LogP contribution in [0.15, 0.2) is 23.8 Å². The van der Waals surface area contributed by atoms with Gasteiger partial charge in [-0.2, -0.15) is 0 Å². The summed E-state index contributed by atoms with van der Waals surface area (Å²) in [5.41, 5.74) is 4.62. The molecular formula is C14H17NO. The second kappa shape index (κ2) is 4.52. The summed E-state index contributed by atoms with van der Waals surface area (Å²) in [6.45, 7) is 4.90. The van der Waals surface area contributed by atoms with Crippen molar-refractivity contribution < 1.29 is 4.79 Å². The molecule has 1 aliphatic carbocycles. The summed E-state index contributed by atoms with van der Waals surface area (Å²) in [5, 5.41) is 2.92. The Balaban J connectivity index is 2.16. The molecule has 0 saturated carbocycles. The molecule has 1 aromatic carbocycles. The van der Waals surface area contributed by atoms with Gasteiger partial charge in [0.15, 0.2) is 0 Å².